The van der Waals surface area contributed by atoms with Crippen LogP contribution in [0, 0.1) is 5.82 Å². The Morgan fingerprint density at radius 3 is 2.58 bits per heavy atom. The third-order valence-corrected chi connectivity index (χ3v) is 4.56. The summed E-state index contributed by atoms with van der Waals surface area (Å²) in [6.45, 7) is -0.365. The van der Waals surface area contributed by atoms with Gasteiger partial charge in [0.25, 0.3) is 10.0 Å². The Labute approximate surface area is 143 Å². The summed E-state index contributed by atoms with van der Waals surface area (Å²) >= 11 is 5.95. The number of hydrogen-bond acceptors (Lipinski definition) is 5. The van der Waals surface area contributed by atoms with Crippen molar-refractivity contribution in [3.05, 3.63) is 53.3 Å². The SMILES string of the molecule is COC(=O)COc1ccc(S(=O)(=O)Nc2ccccc2F)cc1Cl. The van der Waals surface area contributed by atoms with Crippen molar-refractivity contribution in [2.45, 2.75) is 4.90 Å². The molecule has 24 heavy (non-hydrogen) atoms. The van der Waals surface area contributed by atoms with Crippen LogP contribution < -0.4 is 9.46 Å². The molecule has 2 aromatic carbocycles. The van der Waals surface area contributed by atoms with Crippen molar-refractivity contribution in [1.82, 2.24) is 0 Å². The molecule has 9 heteroatoms. The second-order valence-electron chi connectivity index (χ2n) is 4.54. The van der Waals surface area contributed by atoms with Gasteiger partial charge in [0.15, 0.2) is 6.61 Å². The van der Waals surface area contributed by atoms with E-state index in [-0.39, 0.29) is 28.0 Å². The van der Waals surface area contributed by atoms with Gasteiger partial charge < -0.3 is 9.47 Å². The van der Waals surface area contributed by atoms with Gasteiger partial charge in [0, 0.05) is 0 Å². The summed E-state index contributed by atoms with van der Waals surface area (Å²) < 4.78 is 49.8. The van der Waals surface area contributed by atoms with Crippen molar-refractivity contribution < 1.29 is 27.1 Å². The summed E-state index contributed by atoms with van der Waals surface area (Å²) in [4.78, 5) is 10.8. The number of methoxy groups -OCH3 is 1. The molecule has 2 rings (SSSR count). The van der Waals surface area contributed by atoms with Crippen LogP contribution in [-0.2, 0) is 19.6 Å². The number of nitrogens with one attached hydrogen (secondary N) is 1. The maximum absolute atomic E-state index is 13.6. The standard InChI is InChI=1S/C15H13ClFNO5S/c1-22-15(19)9-23-14-7-6-10(8-11(14)16)24(20,21)18-13-5-3-2-4-12(13)17/h2-8,18H,9H2,1H3. The van der Waals surface area contributed by atoms with Gasteiger partial charge in [-0.2, -0.15) is 0 Å². The quantitative estimate of drug-likeness (QED) is 0.787. The van der Waals surface area contributed by atoms with E-state index in [4.69, 9.17) is 16.3 Å². The Morgan fingerprint density at radius 1 is 1.25 bits per heavy atom. The molecule has 0 atom stereocenters. The fourth-order valence-corrected chi connectivity index (χ4v) is 3.10. The molecule has 0 heterocycles. The van der Waals surface area contributed by atoms with Crippen molar-refractivity contribution in [1.29, 1.82) is 0 Å². The van der Waals surface area contributed by atoms with Crippen LogP contribution in [0.1, 0.15) is 0 Å². The van der Waals surface area contributed by atoms with Crippen molar-refractivity contribution >= 4 is 33.3 Å². The van der Waals surface area contributed by atoms with Gasteiger partial charge in [-0.3, -0.25) is 4.72 Å². The molecule has 2 aromatic rings. The topological polar surface area (TPSA) is 81.7 Å². The van der Waals surface area contributed by atoms with E-state index < -0.39 is 21.8 Å². The molecule has 0 amide bonds. The van der Waals surface area contributed by atoms with Gasteiger partial charge in [0.05, 0.1) is 22.7 Å². The minimum absolute atomic E-state index is 0.0182. The van der Waals surface area contributed by atoms with E-state index in [1.165, 1.54) is 37.4 Å². The number of hydrogen-bond donors (Lipinski definition) is 1. The van der Waals surface area contributed by atoms with Crippen molar-refractivity contribution in [2.75, 3.05) is 18.4 Å². The molecule has 0 aliphatic carbocycles. The van der Waals surface area contributed by atoms with Gasteiger partial charge in [0.2, 0.25) is 0 Å². The molecule has 0 aliphatic rings. The lowest BCUT2D eigenvalue weighted by Crippen LogP contribution is -2.15. The lowest BCUT2D eigenvalue weighted by molar-refractivity contribution is -0.142. The van der Waals surface area contributed by atoms with Crippen LogP contribution in [0.2, 0.25) is 5.02 Å². The zero-order valence-corrected chi connectivity index (χ0v) is 14.0. The number of para-hydroxylation sites is 1. The summed E-state index contributed by atoms with van der Waals surface area (Å²) in [6, 6.07) is 9.02. The number of carbonyl (C=O) groups excluding carboxylic acids is 1. The number of sulfonamides is 1. The van der Waals surface area contributed by atoms with Gasteiger partial charge in [0.1, 0.15) is 11.6 Å². The van der Waals surface area contributed by atoms with E-state index in [2.05, 4.69) is 9.46 Å². The monoisotopic (exact) mass is 373 g/mol. The number of rotatable bonds is 6. The molecule has 6 nitrogen and oxygen atoms in total. The lowest BCUT2D eigenvalue weighted by Gasteiger charge is -2.11. The average Bonchev–Trinajstić information content (AvgIpc) is 2.55. The number of benzene rings is 2. The van der Waals surface area contributed by atoms with Gasteiger partial charge in [-0.1, -0.05) is 23.7 Å². The Hall–Kier alpha value is -2.32. The molecule has 1 N–H and O–H groups in total. The summed E-state index contributed by atoms with van der Waals surface area (Å²) in [5.74, 6) is -1.19. The smallest absolute Gasteiger partial charge is 0.343 e. The minimum atomic E-state index is -4.03. The largest absolute Gasteiger partial charge is 0.480 e. The van der Waals surface area contributed by atoms with Gasteiger partial charge >= 0.3 is 5.97 Å². The Kier molecular flexibility index (Phi) is 5.63. The summed E-state index contributed by atoms with van der Waals surface area (Å²) in [5, 5.41) is -0.0182. The molecule has 0 spiro atoms. The van der Waals surface area contributed by atoms with E-state index in [1.54, 1.807) is 0 Å². The maximum Gasteiger partial charge on any atom is 0.343 e. The zero-order valence-electron chi connectivity index (χ0n) is 12.5. The van der Waals surface area contributed by atoms with Crippen LogP contribution in [0.15, 0.2) is 47.4 Å². The van der Waals surface area contributed by atoms with E-state index in [9.17, 15) is 17.6 Å². The molecule has 0 radical (unpaired) electrons. The Balaban J connectivity index is 2.21. The second-order valence-corrected chi connectivity index (χ2v) is 6.63. The minimum Gasteiger partial charge on any atom is -0.480 e. The highest BCUT2D eigenvalue weighted by Crippen LogP contribution is 2.28. The van der Waals surface area contributed by atoms with Gasteiger partial charge in [-0.05, 0) is 30.3 Å². The van der Waals surface area contributed by atoms with E-state index >= 15 is 0 Å². The highest BCUT2D eigenvalue weighted by Gasteiger charge is 2.18. The average molecular weight is 374 g/mol. The van der Waals surface area contributed by atoms with Crippen molar-refractivity contribution in [2.24, 2.45) is 0 Å². The molecule has 128 valence electrons. The van der Waals surface area contributed by atoms with E-state index in [0.29, 0.717) is 0 Å². The van der Waals surface area contributed by atoms with Crippen LogP contribution in [0.3, 0.4) is 0 Å². The fraction of sp³-hybridized carbons (Fsp3) is 0.133. The number of anilines is 1. The molecule has 0 saturated carbocycles. The number of esters is 1. The van der Waals surface area contributed by atoms with Gasteiger partial charge in [-0.15, -0.1) is 0 Å². The molecule has 0 saturated heterocycles. The first-order chi connectivity index (χ1) is 11.3. The molecular weight excluding hydrogens is 361 g/mol. The highest BCUT2D eigenvalue weighted by atomic mass is 35.5. The fourth-order valence-electron chi connectivity index (χ4n) is 1.71. The van der Waals surface area contributed by atoms with E-state index in [0.717, 1.165) is 12.1 Å². The van der Waals surface area contributed by atoms with E-state index in [1.807, 2.05) is 0 Å². The van der Waals surface area contributed by atoms with Crippen LogP contribution in [0.4, 0.5) is 10.1 Å². The first-order valence-corrected chi connectivity index (χ1v) is 8.46. The third-order valence-electron chi connectivity index (χ3n) is 2.91. The summed E-state index contributed by atoms with van der Waals surface area (Å²) in [6.07, 6.45) is 0. The molecule has 0 fully saturated rings. The predicted octanol–water partition coefficient (Wildman–Crippen LogP) is 2.83. The molecule has 0 unspecified atom stereocenters. The van der Waals surface area contributed by atoms with Gasteiger partial charge in [-0.25, -0.2) is 17.6 Å². The first kappa shape index (κ1) is 18.0. The molecular formula is C15H13ClFNO5S. The molecule has 0 aromatic heterocycles. The number of halogens is 2. The lowest BCUT2D eigenvalue weighted by atomic mass is 10.3. The van der Waals surface area contributed by atoms with Crippen LogP contribution in [0.5, 0.6) is 5.75 Å². The summed E-state index contributed by atoms with van der Waals surface area (Å²) in [5.41, 5.74) is -0.181. The first-order valence-electron chi connectivity index (χ1n) is 6.60. The van der Waals surface area contributed by atoms with Crippen LogP contribution >= 0.6 is 11.6 Å². The van der Waals surface area contributed by atoms with Crippen molar-refractivity contribution in [3.8, 4) is 5.75 Å². The maximum atomic E-state index is 13.6. The van der Waals surface area contributed by atoms with Crippen LogP contribution in [0.25, 0.3) is 0 Å². The number of carbonyl (C=O) groups is 1. The molecule has 0 aliphatic heterocycles. The summed E-state index contributed by atoms with van der Waals surface area (Å²) in [7, 11) is -2.83. The normalized spacial score (nSPS) is 11.0. The zero-order chi connectivity index (χ0) is 17.7. The van der Waals surface area contributed by atoms with Crippen LogP contribution in [-0.4, -0.2) is 28.1 Å². The Bertz CT molecular complexity index is 857. The third kappa shape index (κ3) is 4.36. The highest BCUT2D eigenvalue weighted by molar-refractivity contribution is 7.92. The van der Waals surface area contributed by atoms with Crippen molar-refractivity contribution in [3.63, 3.8) is 0 Å². The molecule has 0 bridgehead atoms. The second kappa shape index (κ2) is 7.50. The number of ether oxygens (including phenoxy) is 2. The Morgan fingerprint density at radius 2 is 1.96 bits per heavy atom. The predicted molar refractivity (Wildman–Crippen MR) is 86.2 cm³/mol.